The van der Waals surface area contributed by atoms with Crippen LogP contribution in [0.5, 0.6) is 5.75 Å². The van der Waals surface area contributed by atoms with Crippen molar-refractivity contribution in [2.75, 3.05) is 23.1 Å². The Bertz CT molecular complexity index is 1180. The van der Waals surface area contributed by atoms with Gasteiger partial charge in [0.1, 0.15) is 5.75 Å². The van der Waals surface area contributed by atoms with Crippen LogP contribution >= 0.6 is 0 Å². The molecule has 0 saturated heterocycles. The molecule has 9 heteroatoms. The second-order valence-electron chi connectivity index (χ2n) is 7.24. The molecule has 0 aliphatic heterocycles. The molecule has 0 aliphatic carbocycles. The Labute approximate surface area is 197 Å². The number of benzene rings is 3. The normalized spacial score (nSPS) is 10.7. The quantitative estimate of drug-likeness (QED) is 0.231. The Morgan fingerprint density at radius 3 is 2.09 bits per heavy atom. The van der Waals surface area contributed by atoms with Crippen LogP contribution in [0.3, 0.4) is 0 Å². The van der Waals surface area contributed by atoms with Gasteiger partial charge in [-0.1, -0.05) is 30.3 Å². The molecule has 9 nitrogen and oxygen atoms in total. The molecule has 0 bridgehead atoms. The molecule has 4 N–H and O–H groups in total. The maximum atomic E-state index is 12.3. The predicted molar refractivity (Wildman–Crippen MR) is 132 cm³/mol. The third-order valence-electron chi connectivity index (χ3n) is 4.56. The summed E-state index contributed by atoms with van der Waals surface area (Å²) in [5, 5.41) is 12.3. The molecule has 0 radical (unpaired) electrons. The molecule has 174 valence electrons. The first-order chi connectivity index (χ1) is 16.4. The summed E-state index contributed by atoms with van der Waals surface area (Å²) < 4.78 is 5.13. The van der Waals surface area contributed by atoms with Crippen LogP contribution in [0.25, 0.3) is 0 Å². The number of hydrogen-bond acceptors (Lipinski definition) is 6. The lowest BCUT2D eigenvalue weighted by Crippen LogP contribution is -2.33. The van der Waals surface area contributed by atoms with Crippen molar-refractivity contribution in [2.24, 2.45) is 5.10 Å². The van der Waals surface area contributed by atoms with Crippen LogP contribution in [-0.2, 0) is 14.4 Å². The van der Waals surface area contributed by atoms with Crippen molar-refractivity contribution in [3.05, 3.63) is 78.9 Å². The third-order valence-corrected chi connectivity index (χ3v) is 4.56. The number of hydrogen-bond donors (Lipinski definition) is 4. The number of carbonyl (C=O) groups excluding carboxylic acids is 3. The number of rotatable bonds is 8. The summed E-state index contributed by atoms with van der Waals surface area (Å²) in [4.78, 5) is 36.4. The standard InChI is InChI=1S/C25H25N5O4/c1-17(29-30-25(33)24(32)28-21-10-6-7-11-22(21)34-2)16-23(31)27-20-14-12-19(13-15-20)26-18-8-4-3-5-9-18/h3-15,26H,16H2,1-2H3,(H,27,31)(H,28,32)(H,30,33). The second-order valence-corrected chi connectivity index (χ2v) is 7.24. The lowest BCUT2D eigenvalue weighted by Gasteiger charge is -2.09. The maximum Gasteiger partial charge on any atom is 0.329 e. The Morgan fingerprint density at radius 2 is 1.38 bits per heavy atom. The van der Waals surface area contributed by atoms with E-state index < -0.39 is 11.8 Å². The van der Waals surface area contributed by atoms with Crippen LogP contribution < -0.4 is 26.1 Å². The summed E-state index contributed by atoms with van der Waals surface area (Å²) in [6, 6.07) is 23.7. The van der Waals surface area contributed by atoms with Gasteiger partial charge in [-0.05, 0) is 55.5 Å². The summed E-state index contributed by atoms with van der Waals surface area (Å²) in [6.07, 6.45) is -0.0571. The van der Waals surface area contributed by atoms with Crippen LogP contribution in [0.1, 0.15) is 13.3 Å². The van der Waals surface area contributed by atoms with Gasteiger partial charge in [-0.2, -0.15) is 5.10 Å². The summed E-state index contributed by atoms with van der Waals surface area (Å²) in [7, 11) is 1.46. The van der Waals surface area contributed by atoms with E-state index in [1.165, 1.54) is 7.11 Å². The van der Waals surface area contributed by atoms with Gasteiger partial charge in [0.15, 0.2) is 0 Å². The Kier molecular flexibility index (Phi) is 8.34. The van der Waals surface area contributed by atoms with E-state index in [2.05, 4.69) is 26.5 Å². The van der Waals surface area contributed by atoms with E-state index in [9.17, 15) is 14.4 Å². The van der Waals surface area contributed by atoms with Crippen molar-refractivity contribution in [2.45, 2.75) is 13.3 Å². The molecule has 34 heavy (non-hydrogen) atoms. The average molecular weight is 460 g/mol. The van der Waals surface area contributed by atoms with Crippen LogP contribution in [0.4, 0.5) is 22.7 Å². The van der Waals surface area contributed by atoms with Crippen molar-refractivity contribution in [1.82, 2.24) is 5.43 Å². The van der Waals surface area contributed by atoms with Gasteiger partial charge >= 0.3 is 11.8 Å². The molecular weight excluding hydrogens is 434 g/mol. The van der Waals surface area contributed by atoms with E-state index in [4.69, 9.17) is 4.74 Å². The summed E-state index contributed by atoms with van der Waals surface area (Å²) in [5.41, 5.74) is 5.31. The fourth-order valence-electron chi connectivity index (χ4n) is 2.93. The molecule has 3 aromatic rings. The van der Waals surface area contributed by atoms with Gasteiger partial charge in [0.05, 0.1) is 19.2 Å². The van der Waals surface area contributed by atoms with Gasteiger partial charge in [-0.3, -0.25) is 14.4 Å². The first kappa shape index (κ1) is 24.0. The SMILES string of the molecule is COc1ccccc1NC(=O)C(=O)NN=C(C)CC(=O)Nc1ccc(Nc2ccccc2)cc1. The van der Waals surface area contributed by atoms with Gasteiger partial charge in [0.25, 0.3) is 0 Å². The highest BCUT2D eigenvalue weighted by molar-refractivity contribution is 6.39. The number of para-hydroxylation sites is 3. The number of nitrogens with one attached hydrogen (secondary N) is 4. The minimum Gasteiger partial charge on any atom is -0.495 e. The minimum atomic E-state index is -0.966. The number of carbonyl (C=O) groups is 3. The van der Waals surface area contributed by atoms with Crippen LogP contribution in [0, 0.1) is 0 Å². The van der Waals surface area contributed by atoms with Crippen molar-refractivity contribution in [3.63, 3.8) is 0 Å². The molecule has 0 atom stereocenters. The first-order valence-corrected chi connectivity index (χ1v) is 10.4. The van der Waals surface area contributed by atoms with E-state index in [-0.39, 0.29) is 12.3 Å². The smallest absolute Gasteiger partial charge is 0.329 e. The van der Waals surface area contributed by atoms with E-state index in [1.807, 2.05) is 42.5 Å². The molecule has 3 aromatic carbocycles. The lowest BCUT2D eigenvalue weighted by atomic mass is 10.2. The summed E-state index contributed by atoms with van der Waals surface area (Å²) in [6.45, 7) is 1.57. The zero-order valence-electron chi connectivity index (χ0n) is 18.8. The van der Waals surface area contributed by atoms with Gasteiger partial charge < -0.3 is 20.7 Å². The Hall–Kier alpha value is -4.66. The van der Waals surface area contributed by atoms with Gasteiger partial charge in [0, 0.05) is 22.8 Å². The highest BCUT2D eigenvalue weighted by Crippen LogP contribution is 2.22. The molecule has 0 aromatic heterocycles. The van der Waals surface area contributed by atoms with Gasteiger partial charge in [0.2, 0.25) is 5.91 Å². The highest BCUT2D eigenvalue weighted by atomic mass is 16.5. The molecule has 0 saturated carbocycles. The van der Waals surface area contributed by atoms with Crippen molar-refractivity contribution in [1.29, 1.82) is 0 Å². The zero-order valence-corrected chi connectivity index (χ0v) is 18.8. The number of amides is 3. The number of methoxy groups -OCH3 is 1. The summed E-state index contributed by atoms with van der Waals surface area (Å²) in [5.74, 6) is -1.76. The second kappa shape index (κ2) is 11.8. The van der Waals surface area contributed by atoms with Gasteiger partial charge in [-0.25, -0.2) is 5.43 Å². The fourth-order valence-corrected chi connectivity index (χ4v) is 2.93. The van der Waals surface area contributed by atoms with Crippen molar-refractivity contribution >= 4 is 46.2 Å². The minimum absolute atomic E-state index is 0.0571. The predicted octanol–water partition coefficient (Wildman–Crippen LogP) is 3.90. The van der Waals surface area contributed by atoms with Crippen LogP contribution in [-0.4, -0.2) is 30.5 Å². The monoisotopic (exact) mass is 459 g/mol. The number of ether oxygens (including phenoxy) is 1. The fraction of sp³-hybridized carbons (Fsp3) is 0.120. The van der Waals surface area contributed by atoms with Crippen molar-refractivity contribution in [3.8, 4) is 5.75 Å². The third kappa shape index (κ3) is 7.20. The molecule has 0 aliphatic rings. The molecule has 3 rings (SSSR count). The number of hydrazone groups is 1. The van der Waals surface area contributed by atoms with Crippen LogP contribution in [0.15, 0.2) is 84.0 Å². The molecule has 0 unspecified atom stereocenters. The average Bonchev–Trinajstić information content (AvgIpc) is 2.84. The molecule has 0 spiro atoms. The van der Waals surface area contributed by atoms with Crippen molar-refractivity contribution < 1.29 is 19.1 Å². The zero-order chi connectivity index (χ0) is 24.3. The topological polar surface area (TPSA) is 121 Å². The first-order valence-electron chi connectivity index (χ1n) is 10.4. The van der Waals surface area contributed by atoms with Crippen LogP contribution in [0.2, 0.25) is 0 Å². The number of nitrogens with zero attached hydrogens (tertiary/aromatic N) is 1. The summed E-state index contributed by atoms with van der Waals surface area (Å²) >= 11 is 0. The maximum absolute atomic E-state index is 12.3. The molecule has 3 amide bonds. The highest BCUT2D eigenvalue weighted by Gasteiger charge is 2.15. The molecule has 0 fully saturated rings. The van der Waals surface area contributed by atoms with E-state index in [1.54, 1.807) is 43.3 Å². The molecule has 0 heterocycles. The largest absolute Gasteiger partial charge is 0.495 e. The van der Waals surface area contributed by atoms with E-state index in [0.717, 1.165) is 11.4 Å². The van der Waals surface area contributed by atoms with E-state index in [0.29, 0.717) is 22.8 Å². The Morgan fingerprint density at radius 1 is 0.765 bits per heavy atom. The van der Waals surface area contributed by atoms with Gasteiger partial charge in [-0.15, -0.1) is 0 Å². The molecular formula is C25H25N5O4. The van der Waals surface area contributed by atoms with E-state index >= 15 is 0 Å². The lowest BCUT2D eigenvalue weighted by molar-refractivity contribution is -0.136. The number of anilines is 4. The Balaban J connectivity index is 1.46.